The number of carbonyl (C=O) groups excluding carboxylic acids is 1. The molecule has 0 radical (unpaired) electrons. The van der Waals surface area contributed by atoms with Crippen molar-refractivity contribution in [2.45, 2.75) is 37.8 Å². The maximum absolute atomic E-state index is 13.3. The van der Waals surface area contributed by atoms with E-state index in [0.29, 0.717) is 43.4 Å². The average Bonchev–Trinajstić information content (AvgIpc) is 3.39. The van der Waals surface area contributed by atoms with Gasteiger partial charge in [-0.2, -0.15) is 0 Å². The van der Waals surface area contributed by atoms with E-state index in [9.17, 15) is 14.3 Å². The Kier molecular flexibility index (Phi) is 7.39. The van der Waals surface area contributed by atoms with Crippen LogP contribution in [-0.2, 0) is 4.79 Å². The van der Waals surface area contributed by atoms with Crippen molar-refractivity contribution in [2.24, 2.45) is 5.92 Å². The Hall–Kier alpha value is -2.84. The van der Waals surface area contributed by atoms with Crippen LogP contribution in [0.1, 0.15) is 37.4 Å². The first-order chi connectivity index (χ1) is 17.1. The molecule has 0 spiro atoms. The fourth-order valence-electron chi connectivity index (χ4n) is 5.28. The number of fused-ring (bicyclic) bond motifs is 1. The number of aliphatic hydroxyl groups excluding tert-OH is 1. The number of hydrogen-bond acceptors (Lipinski definition) is 6. The van der Waals surface area contributed by atoms with E-state index in [4.69, 9.17) is 9.47 Å². The summed E-state index contributed by atoms with van der Waals surface area (Å²) in [5.41, 5.74) is 1.62. The first-order valence-corrected chi connectivity index (χ1v) is 12.7. The number of piperidine rings is 1. The third-order valence-corrected chi connectivity index (χ3v) is 7.27. The fraction of sp³-hybridized carbons (Fsp3) is 0.519. The lowest BCUT2D eigenvalue weighted by Gasteiger charge is -2.34. The van der Waals surface area contributed by atoms with Gasteiger partial charge in [0.25, 0.3) is 0 Å². The van der Waals surface area contributed by atoms with Gasteiger partial charge in [-0.1, -0.05) is 12.5 Å². The second kappa shape index (κ2) is 10.8. The molecule has 35 heavy (non-hydrogen) atoms. The summed E-state index contributed by atoms with van der Waals surface area (Å²) in [4.78, 5) is 17.8. The van der Waals surface area contributed by atoms with Gasteiger partial charge in [-0.25, -0.2) is 4.39 Å². The van der Waals surface area contributed by atoms with Crippen LogP contribution in [0.3, 0.4) is 0 Å². The number of anilines is 1. The fourth-order valence-corrected chi connectivity index (χ4v) is 5.28. The van der Waals surface area contributed by atoms with Crippen molar-refractivity contribution in [3.05, 3.63) is 53.8 Å². The molecular formula is C27H34FN3O4. The van der Waals surface area contributed by atoms with Crippen molar-refractivity contribution in [3.63, 3.8) is 0 Å². The smallest absolute Gasteiger partial charge is 0.225 e. The van der Waals surface area contributed by atoms with E-state index < -0.39 is 12.1 Å². The highest BCUT2D eigenvalue weighted by Crippen LogP contribution is 2.34. The van der Waals surface area contributed by atoms with Crippen molar-refractivity contribution in [3.8, 4) is 11.5 Å². The van der Waals surface area contributed by atoms with Crippen LogP contribution in [0.25, 0.3) is 0 Å². The molecule has 5 rings (SSSR count). The van der Waals surface area contributed by atoms with Crippen LogP contribution in [-0.4, -0.2) is 67.9 Å². The Bertz CT molecular complexity index is 1010. The molecule has 3 aliphatic rings. The maximum Gasteiger partial charge on any atom is 0.225 e. The maximum atomic E-state index is 13.3. The number of aliphatic hydroxyl groups is 1. The second-order valence-corrected chi connectivity index (χ2v) is 9.73. The highest BCUT2D eigenvalue weighted by Gasteiger charge is 2.33. The van der Waals surface area contributed by atoms with Gasteiger partial charge >= 0.3 is 0 Å². The quantitative estimate of drug-likeness (QED) is 0.631. The summed E-state index contributed by atoms with van der Waals surface area (Å²) in [6.07, 6.45) is 3.34. The Balaban J connectivity index is 1.28. The van der Waals surface area contributed by atoms with Gasteiger partial charge in [0.05, 0.1) is 12.0 Å². The highest BCUT2D eigenvalue weighted by atomic mass is 19.1. The van der Waals surface area contributed by atoms with Gasteiger partial charge in [-0.15, -0.1) is 0 Å². The number of nitrogens with zero attached hydrogens (tertiary/aromatic N) is 2. The van der Waals surface area contributed by atoms with Gasteiger partial charge in [0.1, 0.15) is 25.1 Å². The molecule has 8 heteroatoms. The zero-order valence-corrected chi connectivity index (χ0v) is 20.0. The summed E-state index contributed by atoms with van der Waals surface area (Å²) >= 11 is 0. The molecule has 2 fully saturated rings. The lowest BCUT2D eigenvalue weighted by atomic mass is 9.98. The standard InChI is InChI=1S/C27H34FN3O4/c28-21-5-7-22(8-6-21)31-13-10-20(17-31)27(33)29-23(18-30-11-2-1-3-12-30)26(32)19-4-9-24-25(16-19)35-15-14-34-24/h4-9,16,20,23,26,32H,1-3,10-15,17-18H2,(H,29,33)/t20?,23-,26-/m1/s1. The Morgan fingerprint density at radius 3 is 2.54 bits per heavy atom. The van der Waals surface area contributed by atoms with Crippen LogP contribution in [0.15, 0.2) is 42.5 Å². The average molecular weight is 484 g/mol. The summed E-state index contributed by atoms with van der Waals surface area (Å²) in [5, 5.41) is 14.6. The minimum Gasteiger partial charge on any atom is -0.486 e. The summed E-state index contributed by atoms with van der Waals surface area (Å²) in [5.74, 6) is 0.803. The molecule has 2 N–H and O–H groups in total. The van der Waals surface area contributed by atoms with Gasteiger partial charge in [0.2, 0.25) is 5.91 Å². The van der Waals surface area contributed by atoms with Crippen LogP contribution in [0.2, 0.25) is 0 Å². The predicted molar refractivity (Wildman–Crippen MR) is 131 cm³/mol. The van der Waals surface area contributed by atoms with E-state index in [2.05, 4.69) is 15.1 Å². The number of hydrogen-bond donors (Lipinski definition) is 2. The molecule has 0 aliphatic carbocycles. The van der Waals surface area contributed by atoms with Crippen molar-refractivity contribution in [1.29, 1.82) is 0 Å². The lowest BCUT2D eigenvalue weighted by molar-refractivity contribution is -0.126. The molecule has 0 aromatic heterocycles. The number of benzene rings is 2. The number of carbonyl (C=O) groups is 1. The van der Waals surface area contributed by atoms with Crippen LogP contribution >= 0.6 is 0 Å². The molecule has 3 heterocycles. The van der Waals surface area contributed by atoms with E-state index in [1.807, 2.05) is 18.2 Å². The molecule has 2 saturated heterocycles. The van der Waals surface area contributed by atoms with E-state index in [1.54, 1.807) is 12.1 Å². The summed E-state index contributed by atoms with van der Waals surface area (Å²) in [6.45, 7) is 4.85. The number of halogens is 1. The predicted octanol–water partition coefficient (Wildman–Crippen LogP) is 3.13. The van der Waals surface area contributed by atoms with Crippen LogP contribution in [0.4, 0.5) is 10.1 Å². The SMILES string of the molecule is O=C(N[C@H](CN1CCCCC1)[C@H](O)c1ccc2c(c1)OCCO2)C1CCN(c2ccc(F)cc2)C1. The van der Waals surface area contributed by atoms with Crippen molar-refractivity contribution < 1.29 is 23.8 Å². The van der Waals surface area contributed by atoms with E-state index in [-0.39, 0.29) is 17.6 Å². The topological polar surface area (TPSA) is 74.3 Å². The second-order valence-electron chi connectivity index (χ2n) is 9.73. The number of rotatable bonds is 7. The molecule has 2 aromatic rings. The molecule has 1 unspecified atom stereocenters. The number of amides is 1. The highest BCUT2D eigenvalue weighted by molar-refractivity contribution is 5.80. The molecular weight excluding hydrogens is 449 g/mol. The number of ether oxygens (including phenoxy) is 2. The van der Waals surface area contributed by atoms with Crippen molar-refractivity contribution >= 4 is 11.6 Å². The first kappa shape index (κ1) is 23.9. The molecule has 2 aromatic carbocycles. The molecule has 0 saturated carbocycles. The molecule has 3 atom stereocenters. The van der Waals surface area contributed by atoms with Gasteiger partial charge in [0.15, 0.2) is 11.5 Å². The van der Waals surface area contributed by atoms with E-state index >= 15 is 0 Å². The molecule has 188 valence electrons. The Morgan fingerprint density at radius 2 is 1.77 bits per heavy atom. The monoisotopic (exact) mass is 483 g/mol. The normalized spacial score (nSPS) is 22.0. The minimum absolute atomic E-state index is 0.0479. The summed E-state index contributed by atoms with van der Waals surface area (Å²) in [6, 6.07) is 11.4. The van der Waals surface area contributed by atoms with Crippen LogP contribution < -0.4 is 19.7 Å². The van der Waals surface area contributed by atoms with Crippen LogP contribution in [0.5, 0.6) is 11.5 Å². The van der Waals surface area contributed by atoms with Gasteiger partial charge in [0, 0.05) is 25.3 Å². The largest absolute Gasteiger partial charge is 0.486 e. The zero-order chi connectivity index (χ0) is 24.2. The lowest BCUT2D eigenvalue weighted by Crippen LogP contribution is -2.50. The van der Waals surface area contributed by atoms with Crippen LogP contribution in [0, 0.1) is 11.7 Å². The Morgan fingerprint density at radius 1 is 1.03 bits per heavy atom. The Labute approximate surface area is 205 Å². The third kappa shape index (κ3) is 5.70. The van der Waals surface area contributed by atoms with Gasteiger partial charge < -0.3 is 29.7 Å². The number of likely N-dealkylation sites (tertiary alicyclic amines) is 1. The molecule has 0 bridgehead atoms. The van der Waals surface area contributed by atoms with Gasteiger partial charge in [-0.05, 0) is 74.3 Å². The number of nitrogens with one attached hydrogen (secondary N) is 1. The summed E-state index contributed by atoms with van der Waals surface area (Å²) < 4.78 is 24.6. The third-order valence-electron chi connectivity index (χ3n) is 7.27. The molecule has 7 nitrogen and oxygen atoms in total. The van der Waals surface area contributed by atoms with Crippen molar-refractivity contribution in [1.82, 2.24) is 10.2 Å². The van der Waals surface area contributed by atoms with Crippen molar-refractivity contribution in [2.75, 3.05) is 50.8 Å². The van der Waals surface area contributed by atoms with Gasteiger partial charge in [-0.3, -0.25) is 4.79 Å². The van der Waals surface area contributed by atoms with E-state index in [1.165, 1.54) is 18.6 Å². The summed E-state index contributed by atoms with van der Waals surface area (Å²) in [7, 11) is 0. The molecule has 3 aliphatic heterocycles. The zero-order valence-electron chi connectivity index (χ0n) is 20.0. The minimum atomic E-state index is -0.869. The first-order valence-electron chi connectivity index (χ1n) is 12.7. The van der Waals surface area contributed by atoms with E-state index in [0.717, 1.165) is 44.6 Å². The molecule has 1 amide bonds.